The maximum absolute atomic E-state index is 12.1. The molecule has 0 spiro atoms. The van der Waals surface area contributed by atoms with E-state index in [-0.39, 0.29) is 23.3 Å². The third-order valence-corrected chi connectivity index (χ3v) is 4.21. The average molecular weight is 417 g/mol. The number of carbonyl (C=O) groups excluding carboxylic acids is 2. The van der Waals surface area contributed by atoms with Crippen LogP contribution >= 0.6 is 0 Å². The Kier molecular flexibility index (Phi) is 11.7. The van der Waals surface area contributed by atoms with Gasteiger partial charge in [-0.3, -0.25) is 15.0 Å². The average Bonchev–Trinajstić information content (AvgIpc) is 3.04. The fourth-order valence-corrected chi connectivity index (χ4v) is 2.61. The SMILES string of the molecule is CCCCC1C(=O)NN(c2ccccc2)C1=O.CCOCC.Oc1ccccc1O. The van der Waals surface area contributed by atoms with Crippen LogP contribution in [0, 0.1) is 5.92 Å². The highest BCUT2D eigenvalue weighted by Gasteiger charge is 2.39. The van der Waals surface area contributed by atoms with Crippen LogP contribution in [-0.4, -0.2) is 35.2 Å². The van der Waals surface area contributed by atoms with Crippen molar-refractivity contribution in [2.24, 2.45) is 5.92 Å². The van der Waals surface area contributed by atoms with Gasteiger partial charge in [-0.1, -0.05) is 50.1 Å². The van der Waals surface area contributed by atoms with Crippen molar-refractivity contribution < 1.29 is 24.5 Å². The second-order valence-corrected chi connectivity index (χ2v) is 6.45. The molecule has 2 aromatic rings. The number of rotatable bonds is 6. The molecule has 1 atom stereocenters. The van der Waals surface area contributed by atoms with Crippen LogP contribution in [0.4, 0.5) is 5.69 Å². The van der Waals surface area contributed by atoms with Crippen LogP contribution in [0.1, 0.15) is 40.0 Å². The Morgan fingerprint density at radius 3 is 1.87 bits per heavy atom. The predicted molar refractivity (Wildman–Crippen MR) is 117 cm³/mol. The summed E-state index contributed by atoms with van der Waals surface area (Å²) in [6.07, 6.45) is 2.51. The van der Waals surface area contributed by atoms with Crippen molar-refractivity contribution >= 4 is 17.5 Å². The first-order chi connectivity index (χ1) is 14.5. The summed E-state index contributed by atoms with van der Waals surface area (Å²) >= 11 is 0. The normalized spacial score (nSPS) is 14.9. The van der Waals surface area contributed by atoms with Gasteiger partial charge < -0.3 is 14.9 Å². The molecule has 0 aromatic heterocycles. The van der Waals surface area contributed by atoms with E-state index < -0.39 is 5.92 Å². The van der Waals surface area contributed by atoms with E-state index in [0.29, 0.717) is 12.1 Å². The van der Waals surface area contributed by atoms with E-state index in [1.165, 1.54) is 17.1 Å². The Hall–Kier alpha value is -3.06. The molecule has 30 heavy (non-hydrogen) atoms. The second kappa shape index (κ2) is 14.0. The van der Waals surface area contributed by atoms with Gasteiger partial charge in [-0.25, -0.2) is 5.01 Å². The van der Waals surface area contributed by atoms with Gasteiger partial charge in [-0.05, 0) is 44.5 Å². The summed E-state index contributed by atoms with van der Waals surface area (Å²) < 4.78 is 4.83. The molecule has 1 aliphatic rings. The zero-order valence-corrected chi connectivity index (χ0v) is 17.9. The highest BCUT2D eigenvalue weighted by atomic mass is 16.5. The molecule has 0 radical (unpaired) electrons. The van der Waals surface area contributed by atoms with E-state index in [0.717, 1.165) is 26.1 Å². The van der Waals surface area contributed by atoms with Crippen molar-refractivity contribution in [3.63, 3.8) is 0 Å². The highest BCUT2D eigenvalue weighted by molar-refractivity contribution is 6.14. The molecule has 2 amide bonds. The lowest BCUT2D eigenvalue weighted by Crippen LogP contribution is -2.35. The number of unbranched alkanes of at least 4 members (excludes halogenated alkanes) is 1. The molecular weight excluding hydrogens is 384 g/mol. The number of hydrogen-bond donors (Lipinski definition) is 3. The number of ether oxygens (including phenoxy) is 1. The number of phenolic OH excluding ortho intramolecular Hbond substituents is 2. The Morgan fingerprint density at radius 1 is 0.900 bits per heavy atom. The maximum Gasteiger partial charge on any atom is 0.258 e. The fourth-order valence-electron chi connectivity index (χ4n) is 2.61. The van der Waals surface area contributed by atoms with Crippen LogP contribution < -0.4 is 10.4 Å². The summed E-state index contributed by atoms with van der Waals surface area (Å²) in [6.45, 7) is 7.71. The zero-order valence-electron chi connectivity index (χ0n) is 17.9. The smallest absolute Gasteiger partial charge is 0.258 e. The highest BCUT2D eigenvalue weighted by Crippen LogP contribution is 2.23. The fraction of sp³-hybridized carbons (Fsp3) is 0.391. The number of para-hydroxylation sites is 3. The molecule has 1 heterocycles. The molecule has 0 saturated carbocycles. The number of hydrogen-bond acceptors (Lipinski definition) is 5. The Bertz CT molecular complexity index is 744. The van der Waals surface area contributed by atoms with Gasteiger partial charge in [0.1, 0.15) is 5.92 Å². The molecule has 2 aromatic carbocycles. The predicted octanol–water partition coefficient (Wildman–Crippen LogP) is 4.01. The first kappa shape index (κ1) is 25.0. The number of phenols is 2. The van der Waals surface area contributed by atoms with Gasteiger partial charge in [-0.2, -0.15) is 0 Å². The van der Waals surface area contributed by atoms with Crippen LogP contribution in [0.2, 0.25) is 0 Å². The molecule has 1 fully saturated rings. The number of nitrogens with zero attached hydrogens (tertiary/aromatic N) is 1. The van der Waals surface area contributed by atoms with E-state index >= 15 is 0 Å². The largest absolute Gasteiger partial charge is 0.504 e. The van der Waals surface area contributed by atoms with E-state index in [1.54, 1.807) is 24.3 Å². The molecular formula is C23H32N2O5. The number of benzene rings is 2. The van der Waals surface area contributed by atoms with E-state index in [1.807, 2.05) is 39.0 Å². The Labute approximate surface area is 178 Å². The van der Waals surface area contributed by atoms with Crippen molar-refractivity contribution in [1.82, 2.24) is 5.43 Å². The minimum atomic E-state index is -0.518. The van der Waals surface area contributed by atoms with E-state index in [9.17, 15) is 9.59 Å². The van der Waals surface area contributed by atoms with Crippen molar-refractivity contribution in [1.29, 1.82) is 0 Å². The topological polar surface area (TPSA) is 99.1 Å². The van der Waals surface area contributed by atoms with Gasteiger partial charge in [-0.15, -0.1) is 0 Å². The molecule has 3 rings (SSSR count). The lowest BCUT2D eigenvalue weighted by molar-refractivity contribution is -0.127. The van der Waals surface area contributed by atoms with Gasteiger partial charge in [0.15, 0.2) is 11.5 Å². The Balaban J connectivity index is 0.000000286. The van der Waals surface area contributed by atoms with Crippen molar-refractivity contribution in [3.05, 3.63) is 54.6 Å². The summed E-state index contributed by atoms with van der Waals surface area (Å²) in [7, 11) is 0. The molecule has 164 valence electrons. The van der Waals surface area contributed by atoms with Gasteiger partial charge in [0.25, 0.3) is 11.8 Å². The first-order valence-electron chi connectivity index (χ1n) is 10.2. The third-order valence-electron chi connectivity index (χ3n) is 4.21. The van der Waals surface area contributed by atoms with Crippen LogP contribution in [0.5, 0.6) is 11.5 Å². The summed E-state index contributed by atoms with van der Waals surface area (Å²) in [5.41, 5.74) is 3.34. The van der Waals surface area contributed by atoms with Gasteiger partial charge in [0.2, 0.25) is 0 Å². The quantitative estimate of drug-likeness (QED) is 0.488. The summed E-state index contributed by atoms with van der Waals surface area (Å²) in [5.74, 6) is -1.00. The summed E-state index contributed by atoms with van der Waals surface area (Å²) in [4.78, 5) is 23.8. The van der Waals surface area contributed by atoms with Crippen LogP contribution in [0.3, 0.4) is 0 Å². The number of amides is 2. The van der Waals surface area contributed by atoms with Gasteiger partial charge in [0.05, 0.1) is 5.69 Å². The number of hydrazine groups is 1. The number of aromatic hydroxyl groups is 2. The molecule has 1 unspecified atom stereocenters. The monoisotopic (exact) mass is 416 g/mol. The lowest BCUT2D eigenvalue weighted by atomic mass is 10.0. The molecule has 3 N–H and O–H groups in total. The zero-order chi connectivity index (χ0) is 22.4. The third kappa shape index (κ3) is 8.13. The lowest BCUT2D eigenvalue weighted by Gasteiger charge is -2.14. The van der Waals surface area contributed by atoms with Crippen LogP contribution in [0.25, 0.3) is 0 Å². The minimum absolute atomic E-state index is 0.0764. The molecule has 7 nitrogen and oxygen atoms in total. The first-order valence-corrected chi connectivity index (χ1v) is 10.2. The number of nitrogens with one attached hydrogen (secondary N) is 1. The molecule has 1 saturated heterocycles. The second-order valence-electron chi connectivity index (χ2n) is 6.45. The summed E-state index contributed by atoms with van der Waals surface area (Å²) in [6, 6.07) is 15.3. The van der Waals surface area contributed by atoms with Crippen LogP contribution in [0.15, 0.2) is 54.6 Å². The van der Waals surface area contributed by atoms with Crippen LogP contribution in [-0.2, 0) is 14.3 Å². The molecule has 0 aliphatic carbocycles. The molecule has 7 heteroatoms. The standard InChI is InChI=1S/C13H16N2O2.C6H6O2.C4H10O/c1-2-3-9-11-12(16)14-15(13(11)17)10-7-5-4-6-8-10;7-5-3-1-2-4-6(5)8;1-3-5-4-2/h4-8,11H,2-3,9H2,1H3,(H,14,16);1-4,7-8H;3-4H2,1-2H3. The minimum Gasteiger partial charge on any atom is -0.504 e. The van der Waals surface area contributed by atoms with Crippen molar-refractivity contribution in [2.75, 3.05) is 18.2 Å². The van der Waals surface area contributed by atoms with Crippen molar-refractivity contribution in [3.8, 4) is 11.5 Å². The van der Waals surface area contributed by atoms with Crippen molar-refractivity contribution in [2.45, 2.75) is 40.0 Å². The van der Waals surface area contributed by atoms with Gasteiger partial charge >= 0.3 is 0 Å². The molecule has 1 aliphatic heterocycles. The Morgan fingerprint density at radius 2 is 1.43 bits per heavy atom. The van der Waals surface area contributed by atoms with E-state index in [4.69, 9.17) is 14.9 Å². The molecule has 0 bridgehead atoms. The number of anilines is 1. The van der Waals surface area contributed by atoms with Gasteiger partial charge in [0, 0.05) is 13.2 Å². The maximum atomic E-state index is 12.1. The van der Waals surface area contributed by atoms with E-state index in [2.05, 4.69) is 5.43 Å². The summed E-state index contributed by atoms with van der Waals surface area (Å²) in [5, 5.41) is 18.7. The number of carbonyl (C=O) groups is 2.